The van der Waals surface area contributed by atoms with Gasteiger partial charge in [0.05, 0.1) is 0 Å². The van der Waals surface area contributed by atoms with Crippen LogP contribution in [0.15, 0.2) is 0 Å². The van der Waals surface area contributed by atoms with Crippen molar-refractivity contribution in [3.63, 3.8) is 0 Å². The molecule has 0 N–H and O–H groups in total. The highest BCUT2D eigenvalue weighted by atomic mass is 16.6. The molecule has 2 rings (SSSR count). The predicted octanol–water partition coefficient (Wildman–Crippen LogP) is 2.62. The van der Waals surface area contributed by atoms with Crippen LogP contribution in [0.25, 0.3) is 0 Å². The number of Topliss-reactive ketones (excluding diaryl/α,β-unsaturated/α-hetero) is 1. The SMILES string of the molecule is CC(=O)O[C@]12CCCC[C@@]1(C)CCC(=O)C2. The second-order valence-electron chi connectivity index (χ2n) is 5.57. The molecular formula is C13H20O3. The van der Waals surface area contributed by atoms with Crippen molar-refractivity contribution in [1.82, 2.24) is 0 Å². The van der Waals surface area contributed by atoms with E-state index in [4.69, 9.17) is 4.74 Å². The molecule has 0 unspecified atom stereocenters. The van der Waals surface area contributed by atoms with Crippen molar-refractivity contribution in [3.05, 3.63) is 0 Å². The fraction of sp³-hybridized carbons (Fsp3) is 0.846. The first-order valence-corrected chi connectivity index (χ1v) is 6.19. The smallest absolute Gasteiger partial charge is 0.303 e. The number of ketones is 1. The van der Waals surface area contributed by atoms with Gasteiger partial charge in [-0.15, -0.1) is 0 Å². The normalized spacial score (nSPS) is 39.0. The van der Waals surface area contributed by atoms with Crippen molar-refractivity contribution in [2.75, 3.05) is 0 Å². The van der Waals surface area contributed by atoms with Gasteiger partial charge in [0.15, 0.2) is 0 Å². The minimum Gasteiger partial charge on any atom is -0.458 e. The van der Waals surface area contributed by atoms with Crippen LogP contribution >= 0.6 is 0 Å². The summed E-state index contributed by atoms with van der Waals surface area (Å²) >= 11 is 0. The zero-order chi connectivity index (χ0) is 11.8. The van der Waals surface area contributed by atoms with Crippen LogP contribution in [0.4, 0.5) is 0 Å². The molecule has 0 heterocycles. The van der Waals surface area contributed by atoms with Gasteiger partial charge in [0.1, 0.15) is 11.4 Å². The fourth-order valence-electron chi connectivity index (χ4n) is 3.42. The summed E-state index contributed by atoms with van der Waals surface area (Å²) in [6, 6.07) is 0. The number of esters is 1. The van der Waals surface area contributed by atoms with Crippen molar-refractivity contribution < 1.29 is 14.3 Å². The first kappa shape index (κ1) is 11.6. The first-order chi connectivity index (χ1) is 7.47. The van der Waals surface area contributed by atoms with Crippen LogP contribution in [0.5, 0.6) is 0 Å². The number of carbonyl (C=O) groups is 2. The Hall–Kier alpha value is -0.860. The number of fused-ring (bicyclic) bond motifs is 1. The standard InChI is InChI=1S/C13H20O3/c1-10(14)16-13-7-4-3-6-12(13,2)8-5-11(15)9-13/h3-9H2,1-2H3/t12-,13-/m0/s1. The summed E-state index contributed by atoms with van der Waals surface area (Å²) < 4.78 is 5.60. The van der Waals surface area contributed by atoms with E-state index in [1.165, 1.54) is 13.3 Å². The number of carbonyl (C=O) groups excluding carboxylic acids is 2. The van der Waals surface area contributed by atoms with Crippen LogP contribution in [0.1, 0.15) is 58.8 Å². The third-order valence-corrected chi connectivity index (χ3v) is 4.44. The molecule has 0 bridgehead atoms. The molecule has 0 amide bonds. The van der Waals surface area contributed by atoms with Gasteiger partial charge in [-0.05, 0) is 25.7 Å². The lowest BCUT2D eigenvalue weighted by Gasteiger charge is -2.53. The van der Waals surface area contributed by atoms with Gasteiger partial charge in [-0.1, -0.05) is 13.3 Å². The van der Waals surface area contributed by atoms with Gasteiger partial charge in [0.2, 0.25) is 0 Å². The molecule has 2 saturated carbocycles. The number of hydrogen-bond acceptors (Lipinski definition) is 3. The molecule has 0 radical (unpaired) electrons. The molecule has 0 spiro atoms. The summed E-state index contributed by atoms with van der Waals surface area (Å²) in [4.78, 5) is 22.9. The van der Waals surface area contributed by atoms with Gasteiger partial charge in [-0.25, -0.2) is 0 Å². The van der Waals surface area contributed by atoms with Crippen molar-refractivity contribution in [2.24, 2.45) is 5.41 Å². The Morgan fingerprint density at radius 3 is 2.62 bits per heavy atom. The maximum atomic E-state index is 11.7. The minimum atomic E-state index is -0.494. The lowest BCUT2D eigenvalue weighted by molar-refractivity contribution is -0.191. The maximum absolute atomic E-state index is 11.7. The molecule has 2 aliphatic carbocycles. The Balaban J connectivity index is 2.30. The Kier molecular flexibility index (Phi) is 2.81. The van der Waals surface area contributed by atoms with Crippen LogP contribution in [0, 0.1) is 5.41 Å². The molecule has 0 saturated heterocycles. The molecule has 2 aliphatic rings. The van der Waals surface area contributed by atoms with E-state index < -0.39 is 5.60 Å². The third kappa shape index (κ3) is 1.76. The van der Waals surface area contributed by atoms with E-state index in [9.17, 15) is 9.59 Å². The topological polar surface area (TPSA) is 43.4 Å². The highest BCUT2D eigenvalue weighted by Gasteiger charge is 2.55. The Morgan fingerprint density at radius 2 is 1.94 bits per heavy atom. The number of rotatable bonds is 1. The van der Waals surface area contributed by atoms with Crippen molar-refractivity contribution >= 4 is 11.8 Å². The van der Waals surface area contributed by atoms with Crippen molar-refractivity contribution in [3.8, 4) is 0 Å². The average molecular weight is 224 g/mol. The second kappa shape index (κ2) is 3.86. The summed E-state index contributed by atoms with van der Waals surface area (Å²) in [5, 5.41) is 0. The minimum absolute atomic E-state index is 0.0187. The molecule has 0 aromatic heterocycles. The van der Waals surface area contributed by atoms with Crippen LogP contribution in [0.2, 0.25) is 0 Å². The van der Waals surface area contributed by atoms with Gasteiger partial charge in [-0.3, -0.25) is 9.59 Å². The third-order valence-electron chi connectivity index (χ3n) is 4.44. The van der Waals surface area contributed by atoms with Crippen molar-refractivity contribution in [2.45, 2.75) is 64.4 Å². The number of hydrogen-bond donors (Lipinski definition) is 0. The lowest BCUT2D eigenvalue weighted by atomic mass is 9.57. The molecule has 90 valence electrons. The van der Waals surface area contributed by atoms with Gasteiger partial charge < -0.3 is 4.74 Å². The Labute approximate surface area is 96.5 Å². The van der Waals surface area contributed by atoms with Crippen LogP contribution in [0.3, 0.4) is 0 Å². The molecule has 0 aliphatic heterocycles. The van der Waals surface area contributed by atoms with E-state index in [1.807, 2.05) is 0 Å². The molecule has 3 heteroatoms. The largest absolute Gasteiger partial charge is 0.458 e. The van der Waals surface area contributed by atoms with E-state index in [0.717, 1.165) is 25.7 Å². The van der Waals surface area contributed by atoms with Gasteiger partial charge >= 0.3 is 5.97 Å². The predicted molar refractivity (Wildman–Crippen MR) is 59.9 cm³/mol. The lowest BCUT2D eigenvalue weighted by Crippen LogP contribution is -2.55. The zero-order valence-electron chi connectivity index (χ0n) is 10.2. The van der Waals surface area contributed by atoms with Crippen LogP contribution in [-0.2, 0) is 14.3 Å². The summed E-state index contributed by atoms with van der Waals surface area (Å²) in [6.07, 6.45) is 6.15. The van der Waals surface area contributed by atoms with Crippen molar-refractivity contribution in [1.29, 1.82) is 0 Å². The summed E-state index contributed by atoms with van der Waals surface area (Å²) in [6.45, 7) is 3.63. The summed E-state index contributed by atoms with van der Waals surface area (Å²) in [5.74, 6) is 0.00319. The Morgan fingerprint density at radius 1 is 1.25 bits per heavy atom. The average Bonchev–Trinajstić information content (AvgIpc) is 2.18. The van der Waals surface area contributed by atoms with Crippen LogP contribution < -0.4 is 0 Å². The first-order valence-electron chi connectivity index (χ1n) is 6.19. The monoisotopic (exact) mass is 224 g/mol. The van der Waals surface area contributed by atoms with E-state index in [0.29, 0.717) is 12.8 Å². The molecule has 2 fully saturated rings. The van der Waals surface area contributed by atoms with Gasteiger partial charge in [0, 0.05) is 25.2 Å². The van der Waals surface area contributed by atoms with E-state index >= 15 is 0 Å². The summed E-state index contributed by atoms with van der Waals surface area (Å²) in [7, 11) is 0. The van der Waals surface area contributed by atoms with Crippen LogP contribution in [-0.4, -0.2) is 17.4 Å². The van der Waals surface area contributed by atoms with E-state index in [-0.39, 0.29) is 17.2 Å². The zero-order valence-corrected chi connectivity index (χ0v) is 10.2. The molecular weight excluding hydrogens is 204 g/mol. The fourth-order valence-corrected chi connectivity index (χ4v) is 3.42. The van der Waals surface area contributed by atoms with E-state index in [1.54, 1.807) is 0 Å². The molecule has 16 heavy (non-hydrogen) atoms. The highest BCUT2D eigenvalue weighted by Crippen LogP contribution is 2.54. The molecule has 0 aromatic carbocycles. The molecule has 0 aromatic rings. The highest BCUT2D eigenvalue weighted by molar-refractivity contribution is 5.81. The van der Waals surface area contributed by atoms with Gasteiger partial charge in [0.25, 0.3) is 0 Å². The van der Waals surface area contributed by atoms with Gasteiger partial charge in [-0.2, -0.15) is 0 Å². The maximum Gasteiger partial charge on any atom is 0.303 e. The second-order valence-corrected chi connectivity index (χ2v) is 5.57. The quantitative estimate of drug-likeness (QED) is 0.643. The number of ether oxygens (including phenoxy) is 1. The molecule has 3 nitrogen and oxygen atoms in total. The Bertz CT molecular complexity index is 319. The molecule has 2 atom stereocenters. The van der Waals surface area contributed by atoms with E-state index in [2.05, 4.69) is 6.92 Å². The summed E-state index contributed by atoms with van der Waals surface area (Å²) in [5.41, 5.74) is -0.475.